The van der Waals surface area contributed by atoms with Gasteiger partial charge < -0.3 is 49.6 Å². The first-order chi connectivity index (χ1) is 0. The largest absolute Gasteiger partial charge is 1.00 e. The molecule has 0 aromatic heterocycles. The summed E-state index contributed by atoms with van der Waals surface area (Å²) >= 11 is 0. The van der Waals surface area contributed by atoms with Crippen LogP contribution in [0, 0.1) is 0 Å². The van der Waals surface area contributed by atoms with Gasteiger partial charge in [-0.15, -0.1) is 0 Å². The van der Waals surface area contributed by atoms with E-state index >= 15 is 0 Å². The molecule has 0 aliphatic rings. The summed E-state index contributed by atoms with van der Waals surface area (Å²) in [6.07, 6.45) is 0. The standard InChI is InChI=1S/4ClH.Re/h4*1H;/p-4. The van der Waals surface area contributed by atoms with Crippen LogP contribution >= 0.6 is 0 Å². The molecule has 0 rings (SSSR count). The molecular weight excluding hydrogens is 328 g/mol. The smallest absolute Gasteiger partial charge is 0 e. The fourth-order valence-corrected chi connectivity index (χ4v) is 0. The summed E-state index contributed by atoms with van der Waals surface area (Å²) in [5.74, 6) is 0. The van der Waals surface area contributed by atoms with Crippen LogP contribution in [0.2, 0.25) is 0 Å². The van der Waals surface area contributed by atoms with E-state index in [9.17, 15) is 0 Å². The van der Waals surface area contributed by atoms with Crippen LogP contribution in [0.3, 0.4) is 0 Å². The molecule has 1 radical (unpaired) electrons. The Kier molecular flexibility index (Phi) is 568. The first kappa shape index (κ1) is 69.6. The Hall–Kier alpha value is 1.82. The Labute approximate surface area is 69.8 Å². The zero-order chi connectivity index (χ0) is 0. The van der Waals surface area contributed by atoms with Gasteiger partial charge in [0.25, 0.3) is 0 Å². The molecule has 0 amide bonds. The summed E-state index contributed by atoms with van der Waals surface area (Å²) in [6.45, 7) is 0. The van der Waals surface area contributed by atoms with Crippen molar-refractivity contribution in [2.24, 2.45) is 0 Å². The van der Waals surface area contributed by atoms with Gasteiger partial charge in [0.1, 0.15) is 0 Å². The second kappa shape index (κ2) is 40.8. The van der Waals surface area contributed by atoms with Crippen molar-refractivity contribution < 1.29 is 70.1 Å². The van der Waals surface area contributed by atoms with Gasteiger partial charge in [-0.2, -0.15) is 0 Å². The van der Waals surface area contributed by atoms with Crippen LogP contribution in [0.4, 0.5) is 0 Å². The van der Waals surface area contributed by atoms with Crippen LogP contribution in [-0.4, -0.2) is 0 Å². The predicted octanol–water partition coefficient (Wildman–Crippen LogP) is -12.0. The molecule has 0 aliphatic heterocycles. The van der Waals surface area contributed by atoms with E-state index < -0.39 is 0 Å². The summed E-state index contributed by atoms with van der Waals surface area (Å²) < 4.78 is 0. The Morgan fingerprint density at radius 2 is 0.400 bits per heavy atom. The summed E-state index contributed by atoms with van der Waals surface area (Å²) in [4.78, 5) is 0. The minimum atomic E-state index is 0. The van der Waals surface area contributed by atoms with Crippen LogP contribution in [-0.2, 0) is 20.4 Å². The van der Waals surface area contributed by atoms with Gasteiger partial charge in [0, 0.05) is 20.4 Å². The molecule has 0 atom stereocenters. The minimum absolute atomic E-state index is 0. The summed E-state index contributed by atoms with van der Waals surface area (Å²) in [6, 6.07) is 0. The molecule has 0 saturated carbocycles. The quantitative estimate of drug-likeness (QED) is 0.414. The molecular formula is Cl4Re-4. The molecule has 0 nitrogen and oxygen atoms in total. The van der Waals surface area contributed by atoms with E-state index in [0.717, 1.165) is 0 Å². The van der Waals surface area contributed by atoms with Crippen LogP contribution < -0.4 is 49.6 Å². The second-order valence-corrected chi connectivity index (χ2v) is 0. The van der Waals surface area contributed by atoms with Crippen LogP contribution in [0.5, 0.6) is 0 Å². The Balaban J connectivity index is 0. The van der Waals surface area contributed by atoms with Crippen molar-refractivity contribution in [2.75, 3.05) is 0 Å². The molecule has 0 N–H and O–H groups in total. The third-order valence-electron chi connectivity index (χ3n) is 0. The van der Waals surface area contributed by atoms with Crippen molar-refractivity contribution in [3.05, 3.63) is 0 Å². The molecule has 0 heterocycles. The van der Waals surface area contributed by atoms with Crippen LogP contribution in [0.1, 0.15) is 0 Å². The zero-order valence-corrected chi connectivity index (χ0v) is 7.63. The fourth-order valence-electron chi connectivity index (χ4n) is 0. The molecule has 0 fully saturated rings. The topological polar surface area (TPSA) is 0 Å². The first-order valence-corrected chi connectivity index (χ1v) is 0. The van der Waals surface area contributed by atoms with E-state index in [0.29, 0.717) is 0 Å². The van der Waals surface area contributed by atoms with Crippen molar-refractivity contribution in [3.63, 3.8) is 0 Å². The molecule has 0 spiro atoms. The SMILES string of the molecule is [Cl-].[Cl-].[Cl-].[Cl-].[Re]. The van der Waals surface area contributed by atoms with Gasteiger partial charge in [0.2, 0.25) is 0 Å². The molecule has 0 saturated heterocycles. The van der Waals surface area contributed by atoms with Gasteiger partial charge >= 0.3 is 0 Å². The van der Waals surface area contributed by atoms with E-state index in [4.69, 9.17) is 0 Å². The van der Waals surface area contributed by atoms with Gasteiger partial charge in [0.05, 0.1) is 0 Å². The van der Waals surface area contributed by atoms with Crippen molar-refractivity contribution in [1.82, 2.24) is 0 Å². The Bertz CT molecular complexity index is 3.61. The van der Waals surface area contributed by atoms with Gasteiger partial charge in [-0.05, 0) is 0 Å². The van der Waals surface area contributed by atoms with E-state index in [2.05, 4.69) is 0 Å². The van der Waals surface area contributed by atoms with Gasteiger partial charge in [0.15, 0.2) is 0 Å². The second-order valence-electron chi connectivity index (χ2n) is 0. The molecule has 0 aromatic carbocycles. The maximum atomic E-state index is 0. The number of rotatable bonds is 0. The maximum Gasteiger partial charge on any atom is 0 e. The monoisotopic (exact) mass is 327 g/mol. The molecule has 39 valence electrons. The molecule has 0 bridgehead atoms. The molecule has 0 aliphatic carbocycles. The van der Waals surface area contributed by atoms with Gasteiger partial charge in [-0.3, -0.25) is 0 Å². The van der Waals surface area contributed by atoms with Crippen LogP contribution in [0.15, 0.2) is 0 Å². The predicted molar refractivity (Wildman–Crippen MR) is 0 cm³/mol. The molecule has 5 heteroatoms. The Morgan fingerprint density at radius 3 is 0.400 bits per heavy atom. The van der Waals surface area contributed by atoms with Crippen LogP contribution in [0.25, 0.3) is 0 Å². The maximum absolute atomic E-state index is 0. The Morgan fingerprint density at radius 1 is 0.400 bits per heavy atom. The van der Waals surface area contributed by atoms with Gasteiger partial charge in [-0.1, -0.05) is 0 Å². The average Bonchev–Trinajstić information content (AvgIpc) is 0. The number of halogens is 4. The summed E-state index contributed by atoms with van der Waals surface area (Å²) in [5.41, 5.74) is 0. The molecule has 0 aromatic rings. The zero-order valence-electron chi connectivity index (χ0n) is 1.89. The fraction of sp³-hybridized carbons (Fsp3) is 0. The average molecular weight is 328 g/mol. The normalized spacial score (nSPS) is 0. The number of hydrogen-bond acceptors (Lipinski definition) is 0. The molecule has 5 heavy (non-hydrogen) atoms. The van der Waals surface area contributed by atoms with E-state index in [1.165, 1.54) is 0 Å². The van der Waals surface area contributed by atoms with Crippen molar-refractivity contribution in [1.29, 1.82) is 0 Å². The minimum Gasteiger partial charge on any atom is -1.00 e. The molecule has 0 unspecified atom stereocenters. The van der Waals surface area contributed by atoms with E-state index in [-0.39, 0.29) is 70.1 Å². The number of hydrogen-bond donors (Lipinski definition) is 0. The van der Waals surface area contributed by atoms with Gasteiger partial charge in [-0.25, -0.2) is 0 Å². The first-order valence-electron chi connectivity index (χ1n) is 0. The van der Waals surface area contributed by atoms with Crippen molar-refractivity contribution in [2.45, 2.75) is 0 Å². The third kappa shape index (κ3) is 25.6. The third-order valence-corrected chi connectivity index (χ3v) is 0. The van der Waals surface area contributed by atoms with E-state index in [1.807, 2.05) is 0 Å². The van der Waals surface area contributed by atoms with Crippen molar-refractivity contribution in [3.8, 4) is 0 Å². The van der Waals surface area contributed by atoms with E-state index in [1.54, 1.807) is 0 Å². The summed E-state index contributed by atoms with van der Waals surface area (Å²) in [7, 11) is 0. The van der Waals surface area contributed by atoms with Crippen molar-refractivity contribution >= 4 is 0 Å². The summed E-state index contributed by atoms with van der Waals surface area (Å²) in [5, 5.41) is 0.